The Bertz CT molecular complexity index is 149. The molecule has 2 heteroatoms. The van der Waals surface area contributed by atoms with Crippen molar-refractivity contribution >= 4 is 9.04 Å². The molecule has 9 heavy (non-hydrogen) atoms. The Morgan fingerprint density at radius 2 is 2.44 bits per heavy atom. The molecule has 0 radical (unpaired) electrons. The van der Waals surface area contributed by atoms with E-state index in [2.05, 4.69) is 13.0 Å². The number of hydrogen-bond donors (Lipinski definition) is 1. The monoisotopic (exact) mass is 140 g/mol. The van der Waals surface area contributed by atoms with E-state index in [4.69, 9.17) is 0 Å². The number of hydrogen-bond acceptors (Lipinski definition) is 1. The summed E-state index contributed by atoms with van der Waals surface area (Å²) in [7, 11) is -1.50. The second kappa shape index (κ2) is 2.99. The lowest BCUT2D eigenvalue weighted by molar-refractivity contribution is 0.591. The van der Waals surface area contributed by atoms with Gasteiger partial charge in [0.05, 0.1) is 0 Å². The molecule has 1 aliphatic heterocycles. The molecule has 1 atom stereocenters. The SMILES string of the molecule is CCCC1=CC=C[SiH]1O. The van der Waals surface area contributed by atoms with Gasteiger partial charge < -0.3 is 4.80 Å². The largest absolute Gasteiger partial charge is 0.427 e. The molecule has 0 aromatic rings. The van der Waals surface area contributed by atoms with Gasteiger partial charge in [0.2, 0.25) is 9.04 Å². The van der Waals surface area contributed by atoms with Gasteiger partial charge in [0, 0.05) is 0 Å². The van der Waals surface area contributed by atoms with Gasteiger partial charge >= 0.3 is 0 Å². The fourth-order valence-corrected chi connectivity index (χ4v) is 2.49. The standard InChI is InChI=1S/C7H12OSi/c1-2-4-7-5-3-6-9(7)8/h3,5-6,8-9H,2,4H2,1H3. The van der Waals surface area contributed by atoms with Gasteiger partial charge in [-0.25, -0.2) is 0 Å². The molecule has 1 nitrogen and oxygen atoms in total. The van der Waals surface area contributed by atoms with Gasteiger partial charge in [0.25, 0.3) is 0 Å². The highest BCUT2D eigenvalue weighted by Crippen LogP contribution is 2.13. The van der Waals surface area contributed by atoms with Crippen LogP contribution in [-0.4, -0.2) is 13.8 Å². The van der Waals surface area contributed by atoms with Gasteiger partial charge in [-0.3, -0.25) is 0 Å². The molecule has 0 saturated heterocycles. The first-order valence-electron chi connectivity index (χ1n) is 3.40. The maximum Gasteiger partial charge on any atom is 0.224 e. The highest BCUT2D eigenvalue weighted by Gasteiger charge is 2.11. The zero-order chi connectivity index (χ0) is 6.69. The molecule has 0 bridgehead atoms. The molecule has 0 aromatic heterocycles. The van der Waals surface area contributed by atoms with Crippen LogP contribution < -0.4 is 0 Å². The second-order valence-electron chi connectivity index (χ2n) is 2.32. The Kier molecular flexibility index (Phi) is 2.25. The van der Waals surface area contributed by atoms with Crippen molar-refractivity contribution in [2.45, 2.75) is 19.8 Å². The van der Waals surface area contributed by atoms with Crippen molar-refractivity contribution < 1.29 is 4.80 Å². The molecule has 0 fully saturated rings. The van der Waals surface area contributed by atoms with Crippen molar-refractivity contribution in [2.24, 2.45) is 0 Å². The van der Waals surface area contributed by atoms with Crippen LogP contribution in [0.2, 0.25) is 0 Å². The van der Waals surface area contributed by atoms with Crippen LogP contribution in [0.4, 0.5) is 0 Å². The van der Waals surface area contributed by atoms with E-state index < -0.39 is 9.04 Å². The number of allylic oxidation sites excluding steroid dienone is 3. The summed E-state index contributed by atoms with van der Waals surface area (Å²) in [4.78, 5) is 9.30. The molecule has 50 valence electrons. The topological polar surface area (TPSA) is 20.2 Å². The van der Waals surface area contributed by atoms with E-state index in [0.717, 1.165) is 12.8 Å². The summed E-state index contributed by atoms with van der Waals surface area (Å²) in [5.74, 6) is 0. The Hall–Kier alpha value is -0.343. The zero-order valence-electron chi connectivity index (χ0n) is 5.67. The lowest BCUT2D eigenvalue weighted by Crippen LogP contribution is -2.09. The van der Waals surface area contributed by atoms with Crippen molar-refractivity contribution in [1.29, 1.82) is 0 Å². The quantitative estimate of drug-likeness (QED) is 0.569. The molecule has 0 saturated carbocycles. The minimum atomic E-state index is -1.50. The van der Waals surface area contributed by atoms with Crippen molar-refractivity contribution in [1.82, 2.24) is 0 Å². The average Bonchev–Trinajstić information content (AvgIpc) is 2.18. The third-order valence-corrected chi connectivity index (χ3v) is 3.35. The van der Waals surface area contributed by atoms with Crippen LogP contribution in [-0.2, 0) is 0 Å². The van der Waals surface area contributed by atoms with Gasteiger partial charge in [0.1, 0.15) is 0 Å². The van der Waals surface area contributed by atoms with Gasteiger partial charge in [-0.2, -0.15) is 0 Å². The minimum absolute atomic E-state index is 1.08. The smallest absolute Gasteiger partial charge is 0.224 e. The summed E-state index contributed by atoms with van der Waals surface area (Å²) in [6.45, 7) is 2.14. The molecule has 1 N–H and O–H groups in total. The molecule has 0 amide bonds. The summed E-state index contributed by atoms with van der Waals surface area (Å²) >= 11 is 0. The molecule has 0 spiro atoms. The summed E-state index contributed by atoms with van der Waals surface area (Å²) in [5, 5.41) is 1.29. The third kappa shape index (κ3) is 1.53. The molecule has 0 aromatic carbocycles. The van der Waals surface area contributed by atoms with Crippen molar-refractivity contribution in [3.8, 4) is 0 Å². The summed E-state index contributed by atoms with van der Waals surface area (Å²) in [6.07, 6.45) is 6.26. The first-order valence-corrected chi connectivity index (χ1v) is 5.16. The molecular formula is C7H12OSi. The van der Waals surface area contributed by atoms with E-state index >= 15 is 0 Å². The highest BCUT2D eigenvalue weighted by molar-refractivity contribution is 6.65. The van der Waals surface area contributed by atoms with E-state index in [0.29, 0.717) is 0 Å². The maximum absolute atomic E-state index is 9.30. The lowest BCUT2D eigenvalue weighted by atomic mass is 10.3. The van der Waals surface area contributed by atoms with Crippen LogP contribution in [0.3, 0.4) is 0 Å². The van der Waals surface area contributed by atoms with E-state index in [1.165, 1.54) is 5.20 Å². The fraction of sp³-hybridized carbons (Fsp3) is 0.429. The summed E-state index contributed by atoms with van der Waals surface area (Å²) in [6, 6.07) is 0. The third-order valence-electron chi connectivity index (χ3n) is 1.52. The van der Waals surface area contributed by atoms with Gasteiger partial charge in [-0.1, -0.05) is 36.4 Å². The molecule has 1 aliphatic rings. The van der Waals surface area contributed by atoms with E-state index in [-0.39, 0.29) is 0 Å². The molecule has 1 heterocycles. The average molecular weight is 140 g/mol. The fourth-order valence-electron chi connectivity index (χ4n) is 1.03. The summed E-state index contributed by atoms with van der Waals surface area (Å²) in [5.41, 5.74) is 1.95. The van der Waals surface area contributed by atoms with Gasteiger partial charge in [0.15, 0.2) is 0 Å². The van der Waals surface area contributed by atoms with Crippen LogP contribution in [0.1, 0.15) is 19.8 Å². The van der Waals surface area contributed by atoms with Gasteiger partial charge in [-0.15, -0.1) is 0 Å². The predicted octanol–water partition coefficient (Wildman–Crippen LogP) is 1.08. The second-order valence-corrected chi connectivity index (χ2v) is 4.34. The van der Waals surface area contributed by atoms with Crippen LogP contribution in [0.15, 0.2) is 23.0 Å². The van der Waals surface area contributed by atoms with E-state index in [1.807, 2.05) is 11.8 Å². The van der Waals surface area contributed by atoms with Crippen molar-refractivity contribution in [3.05, 3.63) is 23.0 Å². The lowest BCUT2D eigenvalue weighted by Gasteiger charge is -2.01. The van der Waals surface area contributed by atoms with Crippen LogP contribution in [0, 0.1) is 0 Å². The van der Waals surface area contributed by atoms with Crippen molar-refractivity contribution in [3.63, 3.8) is 0 Å². The van der Waals surface area contributed by atoms with Crippen LogP contribution in [0.5, 0.6) is 0 Å². The van der Waals surface area contributed by atoms with E-state index in [1.54, 1.807) is 0 Å². The molecular weight excluding hydrogens is 128 g/mol. The molecule has 0 aliphatic carbocycles. The minimum Gasteiger partial charge on any atom is -0.427 e. The van der Waals surface area contributed by atoms with Crippen molar-refractivity contribution in [2.75, 3.05) is 0 Å². The van der Waals surface area contributed by atoms with E-state index in [9.17, 15) is 4.80 Å². The molecule has 1 unspecified atom stereocenters. The summed E-state index contributed by atoms with van der Waals surface area (Å²) < 4.78 is 0. The van der Waals surface area contributed by atoms with Crippen LogP contribution in [0.25, 0.3) is 0 Å². The Morgan fingerprint density at radius 3 is 2.89 bits per heavy atom. The first-order chi connectivity index (χ1) is 4.34. The first kappa shape index (κ1) is 6.77. The Balaban J connectivity index is 2.44. The Morgan fingerprint density at radius 1 is 1.67 bits per heavy atom. The van der Waals surface area contributed by atoms with Gasteiger partial charge in [-0.05, 0) is 6.42 Å². The predicted molar refractivity (Wildman–Crippen MR) is 41.5 cm³/mol. The highest BCUT2D eigenvalue weighted by atomic mass is 28.3. The number of rotatable bonds is 2. The molecule has 1 rings (SSSR count). The zero-order valence-corrected chi connectivity index (χ0v) is 6.83. The maximum atomic E-state index is 9.30. The van der Waals surface area contributed by atoms with Crippen LogP contribution >= 0.6 is 0 Å². The normalized spacial score (nSPS) is 24.7. The Labute approximate surface area is 57.4 Å².